The highest BCUT2D eigenvalue weighted by molar-refractivity contribution is 5.74. The molecule has 0 unspecified atom stereocenters. The predicted octanol–water partition coefficient (Wildman–Crippen LogP) is 3.64. The van der Waals surface area contributed by atoms with Crippen LogP contribution in [-0.4, -0.2) is 24.0 Å². The van der Waals surface area contributed by atoms with Crippen molar-refractivity contribution < 1.29 is 8.81 Å². The van der Waals surface area contributed by atoms with Crippen LogP contribution in [0.3, 0.4) is 0 Å². The summed E-state index contributed by atoms with van der Waals surface area (Å²) in [6.45, 7) is 1.05. The molecule has 1 aromatic heterocycles. The van der Waals surface area contributed by atoms with Gasteiger partial charge in [0.15, 0.2) is 5.58 Å². The van der Waals surface area contributed by atoms with E-state index in [-0.39, 0.29) is 5.82 Å². The molecule has 0 radical (unpaired) electrons. The highest BCUT2D eigenvalue weighted by atomic mass is 19.1. The first-order valence-corrected chi connectivity index (χ1v) is 7.13. The maximum atomic E-state index is 14.0. The molecule has 0 atom stereocenters. The number of aromatic nitrogens is 1. The normalized spacial score (nSPS) is 11.3. The van der Waals surface area contributed by atoms with Crippen LogP contribution in [0.5, 0.6) is 0 Å². The Morgan fingerprint density at radius 3 is 2.73 bits per heavy atom. The maximum Gasteiger partial charge on any atom is 0.295 e. The van der Waals surface area contributed by atoms with Crippen LogP contribution >= 0.6 is 0 Å². The van der Waals surface area contributed by atoms with E-state index in [0.29, 0.717) is 24.7 Å². The number of oxazole rings is 1. The molecule has 114 valence electrons. The molecule has 5 heteroatoms. The van der Waals surface area contributed by atoms with Crippen molar-refractivity contribution in [3.63, 3.8) is 0 Å². The minimum absolute atomic E-state index is 0.189. The van der Waals surface area contributed by atoms with Gasteiger partial charge in [0.2, 0.25) is 0 Å². The molecule has 0 aliphatic rings. The van der Waals surface area contributed by atoms with Crippen LogP contribution in [0, 0.1) is 5.82 Å². The number of anilines is 1. The van der Waals surface area contributed by atoms with Crippen molar-refractivity contribution in [1.82, 2.24) is 9.88 Å². The highest BCUT2D eigenvalue weighted by Gasteiger charge is 2.07. The van der Waals surface area contributed by atoms with E-state index in [1.807, 2.05) is 55.4 Å². The number of para-hydroxylation sites is 2. The lowest BCUT2D eigenvalue weighted by Crippen LogP contribution is -2.12. The van der Waals surface area contributed by atoms with Crippen LogP contribution in [0.1, 0.15) is 11.1 Å². The summed E-state index contributed by atoms with van der Waals surface area (Å²) in [5.41, 5.74) is 3.08. The molecular weight excluding hydrogens is 281 g/mol. The van der Waals surface area contributed by atoms with Gasteiger partial charge in [-0.1, -0.05) is 24.3 Å². The fraction of sp³-hybridized carbons (Fsp3) is 0.235. The number of rotatable bonds is 5. The SMILES string of the molecule is CN(C)Cc1ccc(CNc2nc3ccccc3o2)cc1F. The van der Waals surface area contributed by atoms with E-state index >= 15 is 0 Å². The third-order valence-electron chi connectivity index (χ3n) is 3.34. The molecule has 0 fully saturated rings. The Labute approximate surface area is 128 Å². The second-order valence-corrected chi connectivity index (χ2v) is 5.50. The number of benzene rings is 2. The maximum absolute atomic E-state index is 14.0. The summed E-state index contributed by atoms with van der Waals surface area (Å²) < 4.78 is 19.6. The van der Waals surface area contributed by atoms with Gasteiger partial charge in [0.25, 0.3) is 6.01 Å². The second-order valence-electron chi connectivity index (χ2n) is 5.50. The van der Waals surface area contributed by atoms with Crippen molar-refractivity contribution >= 4 is 17.1 Å². The Bertz CT molecular complexity index is 749. The third kappa shape index (κ3) is 3.26. The molecule has 0 aliphatic heterocycles. The number of hydrogen-bond donors (Lipinski definition) is 1. The van der Waals surface area contributed by atoms with Gasteiger partial charge in [-0.15, -0.1) is 0 Å². The van der Waals surface area contributed by atoms with Crippen molar-refractivity contribution in [3.8, 4) is 0 Å². The Morgan fingerprint density at radius 1 is 1.18 bits per heavy atom. The first-order chi connectivity index (χ1) is 10.6. The smallest absolute Gasteiger partial charge is 0.295 e. The molecular formula is C17H18FN3O. The van der Waals surface area contributed by atoms with Gasteiger partial charge in [0, 0.05) is 18.7 Å². The molecule has 3 rings (SSSR count). The summed E-state index contributed by atoms with van der Waals surface area (Å²) in [5, 5.41) is 3.08. The van der Waals surface area contributed by atoms with Crippen LogP contribution in [0.25, 0.3) is 11.1 Å². The summed E-state index contributed by atoms with van der Waals surface area (Å²) in [6, 6.07) is 13.3. The van der Waals surface area contributed by atoms with Gasteiger partial charge in [-0.25, -0.2) is 4.39 Å². The Hall–Kier alpha value is -2.40. The third-order valence-corrected chi connectivity index (χ3v) is 3.34. The first kappa shape index (κ1) is 14.5. The largest absolute Gasteiger partial charge is 0.424 e. The average Bonchev–Trinajstić information content (AvgIpc) is 2.90. The van der Waals surface area contributed by atoms with Crippen LogP contribution < -0.4 is 5.32 Å². The first-order valence-electron chi connectivity index (χ1n) is 7.13. The van der Waals surface area contributed by atoms with E-state index in [0.717, 1.165) is 16.7 Å². The molecule has 0 aliphatic carbocycles. The zero-order chi connectivity index (χ0) is 15.5. The molecule has 0 saturated carbocycles. The molecule has 2 aromatic carbocycles. The highest BCUT2D eigenvalue weighted by Crippen LogP contribution is 2.19. The van der Waals surface area contributed by atoms with Crippen LogP contribution in [0.15, 0.2) is 46.9 Å². The van der Waals surface area contributed by atoms with E-state index in [9.17, 15) is 4.39 Å². The van der Waals surface area contributed by atoms with E-state index in [4.69, 9.17) is 4.42 Å². The van der Waals surface area contributed by atoms with E-state index in [2.05, 4.69) is 10.3 Å². The summed E-state index contributed by atoms with van der Waals surface area (Å²) in [7, 11) is 3.84. The van der Waals surface area contributed by atoms with Gasteiger partial charge in [0.1, 0.15) is 11.3 Å². The average molecular weight is 299 g/mol. The molecule has 0 saturated heterocycles. The van der Waals surface area contributed by atoms with Crippen LogP contribution in [0.4, 0.5) is 10.4 Å². The van der Waals surface area contributed by atoms with E-state index in [1.54, 1.807) is 6.07 Å². The fourth-order valence-corrected chi connectivity index (χ4v) is 2.30. The monoisotopic (exact) mass is 299 g/mol. The van der Waals surface area contributed by atoms with Crippen molar-refractivity contribution in [1.29, 1.82) is 0 Å². The van der Waals surface area contributed by atoms with Gasteiger partial charge >= 0.3 is 0 Å². The number of fused-ring (bicyclic) bond motifs is 1. The van der Waals surface area contributed by atoms with Gasteiger partial charge in [-0.2, -0.15) is 4.98 Å². The van der Waals surface area contributed by atoms with Crippen LogP contribution in [0.2, 0.25) is 0 Å². The minimum Gasteiger partial charge on any atom is -0.424 e. The minimum atomic E-state index is -0.189. The Morgan fingerprint density at radius 2 is 2.00 bits per heavy atom. The lowest BCUT2D eigenvalue weighted by Gasteiger charge is -2.11. The van der Waals surface area contributed by atoms with E-state index < -0.39 is 0 Å². The van der Waals surface area contributed by atoms with Crippen molar-refractivity contribution in [3.05, 3.63) is 59.4 Å². The number of hydrogen-bond acceptors (Lipinski definition) is 4. The molecule has 1 N–H and O–H groups in total. The molecule has 1 heterocycles. The summed E-state index contributed by atoms with van der Waals surface area (Å²) in [6.07, 6.45) is 0. The molecule has 3 aromatic rings. The van der Waals surface area contributed by atoms with Crippen LogP contribution in [-0.2, 0) is 13.1 Å². The number of halogens is 1. The number of nitrogens with one attached hydrogen (secondary N) is 1. The predicted molar refractivity (Wildman–Crippen MR) is 85.1 cm³/mol. The summed E-state index contributed by atoms with van der Waals surface area (Å²) in [5.74, 6) is -0.189. The molecule has 0 amide bonds. The topological polar surface area (TPSA) is 41.3 Å². The van der Waals surface area contributed by atoms with Crippen molar-refractivity contribution in [2.75, 3.05) is 19.4 Å². The van der Waals surface area contributed by atoms with E-state index in [1.165, 1.54) is 0 Å². The second kappa shape index (κ2) is 6.15. The fourth-order valence-electron chi connectivity index (χ4n) is 2.30. The quantitative estimate of drug-likeness (QED) is 0.781. The zero-order valence-electron chi connectivity index (χ0n) is 12.6. The summed E-state index contributed by atoms with van der Waals surface area (Å²) in [4.78, 5) is 6.27. The van der Waals surface area contributed by atoms with Crippen molar-refractivity contribution in [2.45, 2.75) is 13.1 Å². The Kier molecular flexibility index (Phi) is 4.06. The molecule has 0 spiro atoms. The standard InChI is InChI=1S/C17H18FN3O/c1-21(2)11-13-8-7-12(9-14(13)18)10-19-17-20-15-5-3-4-6-16(15)22-17/h3-9H,10-11H2,1-2H3,(H,19,20). The van der Waals surface area contributed by atoms with Gasteiger partial charge in [-0.3, -0.25) is 0 Å². The summed E-state index contributed by atoms with van der Waals surface area (Å²) >= 11 is 0. The van der Waals surface area contributed by atoms with Crippen molar-refractivity contribution in [2.24, 2.45) is 0 Å². The zero-order valence-corrected chi connectivity index (χ0v) is 12.6. The lowest BCUT2D eigenvalue weighted by molar-refractivity contribution is 0.392. The number of nitrogens with zero attached hydrogens (tertiary/aromatic N) is 2. The van der Waals surface area contributed by atoms with Gasteiger partial charge in [-0.05, 0) is 37.9 Å². The molecule has 4 nitrogen and oxygen atoms in total. The molecule has 22 heavy (non-hydrogen) atoms. The van der Waals surface area contributed by atoms with Gasteiger partial charge < -0.3 is 14.6 Å². The molecule has 0 bridgehead atoms. The Balaban J connectivity index is 1.69. The lowest BCUT2D eigenvalue weighted by atomic mass is 10.1. The van der Waals surface area contributed by atoms with Gasteiger partial charge in [0.05, 0.1) is 0 Å².